The van der Waals surface area contributed by atoms with E-state index in [0.29, 0.717) is 0 Å². The summed E-state index contributed by atoms with van der Waals surface area (Å²) in [5.74, 6) is -2.44. The molecule has 15 heavy (non-hydrogen) atoms. The minimum absolute atomic E-state index is 0.0189. The van der Waals surface area contributed by atoms with Crippen LogP contribution in [0.4, 0.5) is 0 Å². The van der Waals surface area contributed by atoms with Gasteiger partial charge < -0.3 is 10.8 Å². The fraction of sp³-hybridized carbons (Fsp3) is 0.625. The average molecular weight is 218 g/mol. The topological polar surface area (TPSA) is 119 Å². The fourth-order valence-corrected chi connectivity index (χ4v) is 0.916. The second-order valence-corrected chi connectivity index (χ2v) is 3.19. The maximum Gasteiger partial charge on any atom is 0.303 e. The van der Waals surface area contributed by atoms with E-state index in [1.54, 1.807) is 6.92 Å². The lowest BCUT2D eigenvalue weighted by molar-refractivity contribution is -0.139. The lowest BCUT2D eigenvalue weighted by Crippen LogP contribution is -2.30. The average Bonchev–Trinajstić information content (AvgIpc) is 2.00. The first-order valence-corrected chi connectivity index (χ1v) is 4.32. The van der Waals surface area contributed by atoms with Crippen molar-refractivity contribution in [1.82, 2.24) is 5.48 Å². The monoisotopic (exact) mass is 218 g/mol. The summed E-state index contributed by atoms with van der Waals surface area (Å²) in [5.41, 5.74) is 6.74. The molecule has 7 heteroatoms. The summed E-state index contributed by atoms with van der Waals surface area (Å²) in [4.78, 5) is 36.0. The molecule has 0 saturated carbocycles. The molecule has 0 aliphatic carbocycles. The third kappa shape index (κ3) is 8.69. The van der Waals surface area contributed by atoms with Crippen molar-refractivity contribution in [2.24, 2.45) is 11.7 Å². The molecule has 0 aromatic rings. The van der Waals surface area contributed by atoms with Crippen molar-refractivity contribution < 1.29 is 24.3 Å². The van der Waals surface area contributed by atoms with Gasteiger partial charge in [-0.05, 0) is 5.92 Å². The molecule has 0 spiro atoms. The van der Waals surface area contributed by atoms with Crippen LogP contribution in [0.2, 0.25) is 0 Å². The van der Waals surface area contributed by atoms with Crippen LogP contribution in [0.5, 0.6) is 0 Å². The van der Waals surface area contributed by atoms with Gasteiger partial charge in [0, 0.05) is 12.8 Å². The molecule has 4 N–H and O–H groups in total. The molecular formula is C8H14N2O5. The van der Waals surface area contributed by atoms with Crippen molar-refractivity contribution in [2.75, 3.05) is 6.61 Å². The predicted octanol–water partition coefficient (Wildman–Crippen LogP) is -0.980. The Bertz CT molecular complexity index is 253. The Hall–Kier alpha value is -1.63. The predicted molar refractivity (Wildman–Crippen MR) is 49.3 cm³/mol. The van der Waals surface area contributed by atoms with E-state index < -0.39 is 24.4 Å². The quantitative estimate of drug-likeness (QED) is 0.474. The SMILES string of the molecule is CC(CC(=O)O)CC(=O)NOCC(N)=O. The van der Waals surface area contributed by atoms with Crippen LogP contribution in [-0.2, 0) is 19.2 Å². The molecule has 0 rings (SSSR count). The summed E-state index contributed by atoms with van der Waals surface area (Å²) < 4.78 is 0. The van der Waals surface area contributed by atoms with E-state index in [1.807, 2.05) is 5.48 Å². The minimum atomic E-state index is -0.964. The molecule has 0 aliphatic heterocycles. The highest BCUT2D eigenvalue weighted by atomic mass is 16.7. The number of carbonyl (C=O) groups is 3. The first-order valence-electron chi connectivity index (χ1n) is 4.32. The number of hydroxylamine groups is 1. The molecule has 0 aliphatic rings. The van der Waals surface area contributed by atoms with Gasteiger partial charge in [0.2, 0.25) is 11.8 Å². The first kappa shape index (κ1) is 13.4. The molecule has 0 fully saturated rings. The van der Waals surface area contributed by atoms with Gasteiger partial charge in [0.1, 0.15) is 0 Å². The molecule has 0 saturated heterocycles. The highest BCUT2D eigenvalue weighted by Crippen LogP contribution is 2.06. The van der Waals surface area contributed by atoms with Crippen LogP contribution < -0.4 is 11.2 Å². The Kier molecular flexibility index (Phi) is 6.03. The smallest absolute Gasteiger partial charge is 0.303 e. The van der Waals surface area contributed by atoms with Crippen molar-refractivity contribution in [3.05, 3.63) is 0 Å². The molecule has 7 nitrogen and oxygen atoms in total. The second kappa shape index (κ2) is 6.77. The molecule has 1 atom stereocenters. The number of rotatable bonds is 7. The first-order chi connectivity index (χ1) is 6.91. The summed E-state index contributed by atoms with van der Waals surface area (Å²) in [6.45, 7) is 1.22. The standard InChI is InChI=1S/C8H14N2O5/c1-5(3-8(13)14)2-7(12)10-15-4-6(9)11/h5H,2-4H2,1H3,(H2,9,11)(H,10,12)(H,13,14). The molecule has 0 aromatic heterocycles. The summed E-state index contributed by atoms with van der Waals surface area (Å²) in [7, 11) is 0. The zero-order chi connectivity index (χ0) is 11.8. The number of nitrogens with one attached hydrogen (secondary N) is 1. The van der Waals surface area contributed by atoms with Gasteiger partial charge in [-0.1, -0.05) is 6.92 Å². The van der Waals surface area contributed by atoms with Crippen LogP contribution in [0.25, 0.3) is 0 Å². The molecule has 0 heterocycles. The van der Waals surface area contributed by atoms with E-state index in [-0.39, 0.29) is 18.8 Å². The second-order valence-electron chi connectivity index (χ2n) is 3.19. The number of hydrogen-bond donors (Lipinski definition) is 3. The van der Waals surface area contributed by atoms with Gasteiger partial charge in [0.15, 0.2) is 6.61 Å². The zero-order valence-corrected chi connectivity index (χ0v) is 8.36. The van der Waals surface area contributed by atoms with Crippen LogP contribution in [-0.4, -0.2) is 29.5 Å². The Balaban J connectivity index is 3.64. The molecule has 2 amide bonds. The van der Waals surface area contributed by atoms with Crippen molar-refractivity contribution in [3.63, 3.8) is 0 Å². The van der Waals surface area contributed by atoms with Gasteiger partial charge in [-0.2, -0.15) is 0 Å². The van der Waals surface area contributed by atoms with E-state index in [4.69, 9.17) is 10.8 Å². The number of amides is 2. The Morgan fingerprint density at radius 2 is 2.00 bits per heavy atom. The minimum Gasteiger partial charge on any atom is -0.481 e. The highest BCUT2D eigenvalue weighted by molar-refractivity contribution is 5.77. The van der Waals surface area contributed by atoms with Crippen LogP contribution >= 0.6 is 0 Å². The number of carbonyl (C=O) groups excluding carboxylic acids is 2. The summed E-state index contributed by atoms with van der Waals surface area (Å²) in [6, 6.07) is 0. The van der Waals surface area contributed by atoms with E-state index in [0.717, 1.165) is 0 Å². The van der Waals surface area contributed by atoms with Gasteiger partial charge in [-0.15, -0.1) is 0 Å². The maximum absolute atomic E-state index is 11.0. The van der Waals surface area contributed by atoms with Gasteiger partial charge in [-0.3, -0.25) is 19.2 Å². The molecule has 1 unspecified atom stereocenters. The van der Waals surface area contributed by atoms with Gasteiger partial charge >= 0.3 is 5.97 Å². The molecule has 0 aromatic carbocycles. The Morgan fingerprint density at radius 3 is 2.47 bits per heavy atom. The van der Waals surface area contributed by atoms with Gasteiger partial charge in [-0.25, -0.2) is 5.48 Å². The van der Waals surface area contributed by atoms with Gasteiger partial charge in [0.05, 0.1) is 0 Å². The Morgan fingerprint density at radius 1 is 1.40 bits per heavy atom. The number of nitrogens with two attached hydrogens (primary N) is 1. The zero-order valence-electron chi connectivity index (χ0n) is 8.36. The normalized spacial score (nSPS) is 11.8. The molecule has 0 radical (unpaired) electrons. The van der Waals surface area contributed by atoms with Crippen molar-refractivity contribution in [3.8, 4) is 0 Å². The van der Waals surface area contributed by atoms with Crippen LogP contribution in [0.1, 0.15) is 19.8 Å². The third-order valence-corrected chi connectivity index (χ3v) is 1.46. The largest absolute Gasteiger partial charge is 0.481 e. The van der Waals surface area contributed by atoms with E-state index in [9.17, 15) is 14.4 Å². The Labute approximate surface area is 86.5 Å². The maximum atomic E-state index is 11.0. The lowest BCUT2D eigenvalue weighted by Gasteiger charge is -2.08. The van der Waals surface area contributed by atoms with Crippen molar-refractivity contribution in [2.45, 2.75) is 19.8 Å². The van der Waals surface area contributed by atoms with E-state index in [2.05, 4.69) is 4.84 Å². The van der Waals surface area contributed by atoms with Crippen LogP contribution in [0.3, 0.4) is 0 Å². The van der Waals surface area contributed by atoms with Gasteiger partial charge in [0.25, 0.3) is 0 Å². The van der Waals surface area contributed by atoms with E-state index in [1.165, 1.54) is 0 Å². The third-order valence-electron chi connectivity index (χ3n) is 1.46. The summed E-state index contributed by atoms with van der Waals surface area (Å²) in [6.07, 6.45) is -0.0751. The number of primary amides is 1. The van der Waals surface area contributed by atoms with E-state index >= 15 is 0 Å². The molecule has 0 bridgehead atoms. The number of hydrogen-bond acceptors (Lipinski definition) is 4. The molecule has 86 valence electrons. The number of carboxylic acids is 1. The summed E-state index contributed by atoms with van der Waals surface area (Å²) >= 11 is 0. The number of carboxylic acid groups (broad SMARTS) is 1. The molecular weight excluding hydrogens is 204 g/mol. The van der Waals surface area contributed by atoms with Crippen molar-refractivity contribution >= 4 is 17.8 Å². The van der Waals surface area contributed by atoms with Crippen molar-refractivity contribution in [1.29, 1.82) is 0 Å². The number of aliphatic carboxylic acids is 1. The fourth-order valence-electron chi connectivity index (χ4n) is 0.916. The van der Waals surface area contributed by atoms with Crippen LogP contribution in [0.15, 0.2) is 0 Å². The summed E-state index contributed by atoms with van der Waals surface area (Å²) in [5, 5.41) is 8.42. The highest BCUT2D eigenvalue weighted by Gasteiger charge is 2.12. The van der Waals surface area contributed by atoms with Crippen LogP contribution in [0, 0.1) is 5.92 Å². The lowest BCUT2D eigenvalue weighted by atomic mass is 10.0.